The number of carbonyl (C=O) groups is 3. The van der Waals surface area contributed by atoms with E-state index < -0.39 is 30.1 Å². The summed E-state index contributed by atoms with van der Waals surface area (Å²) < 4.78 is 17.5. The summed E-state index contributed by atoms with van der Waals surface area (Å²) in [5.41, 5.74) is 1.31. The van der Waals surface area contributed by atoms with E-state index in [2.05, 4.69) is 5.32 Å². The molecular formula is C33H42N2O8. The lowest BCUT2D eigenvalue weighted by atomic mass is 9.49. The molecule has 10 nitrogen and oxygen atoms in total. The van der Waals surface area contributed by atoms with E-state index in [4.69, 9.17) is 14.2 Å². The van der Waals surface area contributed by atoms with Gasteiger partial charge in [-0.05, 0) is 86.3 Å². The third-order valence-electron chi connectivity index (χ3n) is 11.0. The second-order valence-electron chi connectivity index (χ2n) is 13.8. The molecule has 1 aromatic rings. The van der Waals surface area contributed by atoms with Gasteiger partial charge in [0.2, 0.25) is 11.8 Å². The molecule has 2 heterocycles. The molecule has 5 unspecified atom stereocenters. The van der Waals surface area contributed by atoms with E-state index in [0.717, 1.165) is 19.3 Å². The third kappa shape index (κ3) is 4.95. The second kappa shape index (κ2) is 11.2. The number of carbonyl (C=O) groups excluding carboxylic acids is 3. The van der Waals surface area contributed by atoms with Crippen LogP contribution >= 0.6 is 0 Å². The van der Waals surface area contributed by atoms with E-state index in [1.54, 1.807) is 18.2 Å². The maximum absolute atomic E-state index is 14.3. The lowest BCUT2D eigenvalue weighted by Crippen LogP contribution is -2.60. The summed E-state index contributed by atoms with van der Waals surface area (Å²) in [6.45, 7) is 1.25. The van der Waals surface area contributed by atoms with Gasteiger partial charge in [0.1, 0.15) is 18.5 Å². The molecule has 4 saturated carbocycles. The van der Waals surface area contributed by atoms with E-state index in [1.807, 2.05) is 4.90 Å². The predicted molar refractivity (Wildman–Crippen MR) is 155 cm³/mol. The largest absolute Gasteiger partial charge is 0.493 e. The summed E-state index contributed by atoms with van der Waals surface area (Å²) in [5.74, 6) is 1.39. The van der Waals surface area contributed by atoms with Crippen LogP contribution in [0.1, 0.15) is 66.8 Å². The maximum atomic E-state index is 14.3. The van der Waals surface area contributed by atoms with Crippen molar-refractivity contribution < 1.29 is 38.8 Å². The number of rotatable bonds is 9. The average molecular weight is 595 g/mol. The molecule has 0 aromatic heterocycles. The Morgan fingerprint density at radius 1 is 1.16 bits per heavy atom. The molecule has 4 bridgehead atoms. The third-order valence-corrected chi connectivity index (χ3v) is 11.0. The minimum Gasteiger partial charge on any atom is -0.493 e. The molecule has 5 aliphatic carbocycles. The van der Waals surface area contributed by atoms with Gasteiger partial charge >= 0.3 is 0 Å². The first-order valence-corrected chi connectivity index (χ1v) is 15.8. The van der Waals surface area contributed by atoms with Gasteiger partial charge in [-0.2, -0.15) is 0 Å². The summed E-state index contributed by atoms with van der Waals surface area (Å²) in [5, 5.41) is 24.3. The first-order valence-electron chi connectivity index (χ1n) is 15.8. The molecule has 0 spiro atoms. The molecule has 1 aromatic carbocycles. The van der Waals surface area contributed by atoms with Crippen molar-refractivity contribution >= 4 is 18.1 Å². The van der Waals surface area contributed by atoms with Gasteiger partial charge in [-0.3, -0.25) is 14.4 Å². The number of aldehydes is 1. The van der Waals surface area contributed by atoms with Crippen LogP contribution in [0.4, 0.5) is 0 Å². The number of fused-ring (bicyclic) bond motifs is 3. The monoisotopic (exact) mass is 594 g/mol. The minimum atomic E-state index is -1.13. The molecule has 2 amide bonds. The Kier molecular flexibility index (Phi) is 7.50. The molecule has 5 atom stereocenters. The number of benzene rings is 1. The number of amides is 2. The number of aliphatic hydroxyl groups is 2. The Hall–Kier alpha value is -2.95. The number of methoxy groups -OCH3 is 1. The Bertz CT molecular complexity index is 1280. The normalized spacial score (nSPS) is 36.8. The van der Waals surface area contributed by atoms with E-state index in [1.165, 1.54) is 26.4 Å². The smallest absolute Gasteiger partial charge is 0.247 e. The van der Waals surface area contributed by atoms with Crippen LogP contribution in [-0.4, -0.2) is 91.5 Å². The fourth-order valence-electron chi connectivity index (χ4n) is 9.70. The molecule has 3 N–H and O–H groups in total. The van der Waals surface area contributed by atoms with E-state index >= 15 is 0 Å². The Morgan fingerprint density at radius 3 is 2.49 bits per heavy atom. The standard InChI is InChI=1S/C33H42N2O8/c1-41-26-10-21(15-37)9-23-27-24(31(39)34-3-4-36)11-25(28(38)30(27)43-29(23)26)35(32(40)22-2-5-42-16-22)17-33-12-18-6-19(13-33)8-20(7-18)14-33/h9-11,15,18-20,22,25,27-28,30,36,38H,2-8,12-14,16-17H2,1H3,(H,34,39). The lowest BCUT2D eigenvalue weighted by molar-refractivity contribution is -0.149. The molecule has 8 rings (SSSR count). The summed E-state index contributed by atoms with van der Waals surface area (Å²) in [7, 11) is 1.48. The van der Waals surface area contributed by atoms with Gasteiger partial charge in [0.25, 0.3) is 0 Å². The van der Waals surface area contributed by atoms with Crippen molar-refractivity contribution in [3.8, 4) is 11.5 Å². The quantitative estimate of drug-likeness (QED) is 0.371. The summed E-state index contributed by atoms with van der Waals surface area (Å²) >= 11 is 0. The average Bonchev–Trinajstić information content (AvgIpc) is 3.67. The summed E-state index contributed by atoms with van der Waals surface area (Å²) in [6.07, 6.45) is 8.22. The van der Waals surface area contributed by atoms with Gasteiger partial charge < -0.3 is 34.6 Å². The van der Waals surface area contributed by atoms with Crippen molar-refractivity contribution in [1.29, 1.82) is 0 Å². The zero-order valence-electron chi connectivity index (χ0n) is 24.7. The van der Waals surface area contributed by atoms with Gasteiger partial charge in [-0.15, -0.1) is 0 Å². The second-order valence-corrected chi connectivity index (χ2v) is 13.8. The van der Waals surface area contributed by atoms with Crippen molar-refractivity contribution in [2.24, 2.45) is 29.1 Å². The van der Waals surface area contributed by atoms with Crippen LogP contribution in [0.15, 0.2) is 23.8 Å². The van der Waals surface area contributed by atoms with Crippen LogP contribution in [0.5, 0.6) is 11.5 Å². The molecule has 2 aliphatic heterocycles. The Morgan fingerprint density at radius 2 is 1.88 bits per heavy atom. The Labute approximate surface area is 251 Å². The Balaban J connectivity index is 1.30. The molecule has 7 aliphatic rings. The van der Waals surface area contributed by atoms with Crippen LogP contribution in [0.25, 0.3) is 0 Å². The van der Waals surface area contributed by atoms with Gasteiger partial charge in [0, 0.05) is 36.4 Å². The SMILES string of the molecule is COc1cc(C=O)cc2c1OC1C2C(C(=O)NCCO)=CC(N(CC23CC4CC(CC(C4)C2)C3)C(=O)C2CCOC2)C1O. The summed E-state index contributed by atoms with van der Waals surface area (Å²) in [4.78, 5) is 41.6. The zero-order valence-corrected chi connectivity index (χ0v) is 24.7. The summed E-state index contributed by atoms with van der Waals surface area (Å²) in [6, 6.07) is 2.46. The molecular weight excluding hydrogens is 552 g/mol. The molecule has 1 saturated heterocycles. The molecule has 0 radical (unpaired) electrons. The van der Waals surface area contributed by atoms with Crippen molar-refractivity contribution in [1.82, 2.24) is 10.2 Å². The van der Waals surface area contributed by atoms with Gasteiger partial charge in [0.05, 0.1) is 38.2 Å². The van der Waals surface area contributed by atoms with Crippen molar-refractivity contribution in [3.63, 3.8) is 0 Å². The van der Waals surface area contributed by atoms with Crippen LogP contribution < -0.4 is 14.8 Å². The van der Waals surface area contributed by atoms with Crippen LogP contribution in [0.2, 0.25) is 0 Å². The minimum absolute atomic E-state index is 0.00910. The number of hydrogen-bond donors (Lipinski definition) is 3. The highest BCUT2D eigenvalue weighted by molar-refractivity contribution is 5.96. The first-order chi connectivity index (χ1) is 20.8. The number of hydrogen-bond acceptors (Lipinski definition) is 8. The highest BCUT2D eigenvalue weighted by atomic mass is 16.5. The maximum Gasteiger partial charge on any atom is 0.247 e. The molecule has 232 valence electrons. The van der Waals surface area contributed by atoms with Crippen molar-refractivity contribution in [2.75, 3.05) is 40.0 Å². The number of aliphatic hydroxyl groups excluding tert-OH is 2. The van der Waals surface area contributed by atoms with Crippen LogP contribution in [-0.2, 0) is 14.3 Å². The van der Waals surface area contributed by atoms with Crippen LogP contribution in [0, 0.1) is 29.1 Å². The molecule has 43 heavy (non-hydrogen) atoms. The fourth-order valence-corrected chi connectivity index (χ4v) is 9.70. The van der Waals surface area contributed by atoms with Crippen molar-refractivity contribution in [2.45, 2.75) is 69.1 Å². The number of nitrogens with zero attached hydrogens (tertiary/aromatic N) is 1. The van der Waals surface area contributed by atoms with Gasteiger partial charge in [0.15, 0.2) is 11.5 Å². The first kappa shape index (κ1) is 28.8. The predicted octanol–water partition coefficient (Wildman–Crippen LogP) is 2.21. The van der Waals surface area contributed by atoms with Crippen molar-refractivity contribution in [3.05, 3.63) is 34.9 Å². The van der Waals surface area contributed by atoms with Crippen LogP contribution in [0.3, 0.4) is 0 Å². The molecule has 5 fully saturated rings. The van der Waals surface area contributed by atoms with E-state index in [0.29, 0.717) is 78.4 Å². The number of nitrogens with one attached hydrogen (secondary N) is 1. The number of ether oxygens (including phenoxy) is 3. The highest BCUT2D eigenvalue weighted by Crippen LogP contribution is 2.60. The lowest BCUT2D eigenvalue weighted by Gasteiger charge is -2.58. The zero-order chi connectivity index (χ0) is 29.9. The van der Waals surface area contributed by atoms with Gasteiger partial charge in [-0.1, -0.05) is 0 Å². The van der Waals surface area contributed by atoms with E-state index in [-0.39, 0.29) is 30.4 Å². The molecule has 10 heteroatoms. The van der Waals surface area contributed by atoms with E-state index in [9.17, 15) is 24.6 Å². The van der Waals surface area contributed by atoms with Gasteiger partial charge in [-0.25, -0.2) is 0 Å². The highest BCUT2D eigenvalue weighted by Gasteiger charge is 2.56. The fraction of sp³-hybridized carbons (Fsp3) is 0.667. The topological polar surface area (TPSA) is 135 Å².